The molecule has 2 bridgehead atoms. The van der Waals surface area contributed by atoms with Crippen LogP contribution in [0, 0.1) is 23.2 Å². The quantitative estimate of drug-likeness (QED) is 0.536. The highest BCUT2D eigenvalue weighted by molar-refractivity contribution is 5.90. The standard InChI is InChI=1S/C29H36N2O3/c1-3-19-4-10-25(11-5-19)34-28-13-7-21-14-20(6-12-26(21)27(28)17-30)18(2)31-23-8-9-24(31)16-22(15-23)29(32)33/h6-7,12-14,18-19,22-25H,3-5,8-11,15-16H2,1-2H3,(H,32,33). The van der Waals surface area contributed by atoms with Gasteiger partial charge in [-0.3, -0.25) is 9.69 Å². The van der Waals surface area contributed by atoms with E-state index in [9.17, 15) is 15.2 Å². The fourth-order valence-corrected chi connectivity index (χ4v) is 6.86. The third-order valence-electron chi connectivity index (χ3n) is 8.85. The van der Waals surface area contributed by atoms with Crippen LogP contribution in [0.3, 0.4) is 0 Å². The summed E-state index contributed by atoms with van der Waals surface area (Å²) in [6.45, 7) is 4.50. The van der Waals surface area contributed by atoms with Crippen LogP contribution in [0.2, 0.25) is 0 Å². The molecule has 34 heavy (non-hydrogen) atoms. The fourth-order valence-electron chi connectivity index (χ4n) is 6.86. The molecule has 2 heterocycles. The van der Waals surface area contributed by atoms with Gasteiger partial charge in [0.2, 0.25) is 0 Å². The second-order valence-corrected chi connectivity index (χ2v) is 10.7. The molecule has 0 amide bonds. The summed E-state index contributed by atoms with van der Waals surface area (Å²) in [7, 11) is 0. The lowest BCUT2D eigenvalue weighted by molar-refractivity contribution is -0.144. The monoisotopic (exact) mass is 460 g/mol. The van der Waals surface area contributed by atoms with Gasteiger partial charge < -0.3 is 9.84 Å². The van der Waals surface area contributed by atoms with Gasteiger partial charge in [0.05, 0.1) is 12.0 Å². The fraction of sp³-hybridized carbons (Fsp3) is 0.586. The van der Waals surface area contributed by atoms with Gasteiger partial charge in [0.1, 0.15) is 17.4 Å². The van der Waals surface area contributed by atoms with E-state index < -0.39 is 5.97 Å². The maximum atomic E-state index is 11.6. The Morgan fingerprint density at radius 1 is 1.12 bits per heavy atom. The van der Waals surface area contributed by atoms with Gasteiger partial charge in [-0.05, 0) is 87.3 Å². The Labute approximate surface area is 202 Å². The summed E-state index contributed by atoms with van der Waals surface area (Å²) in [6, 6.07) is 13.8. The number of hydrogen-bond acceptors (Lipinski definition) is 4. The highest BCUT2D eigenvalue weighted by Gasteiger charge is 2.45. The molecule has 1 N–H and O–H groups in total. The average Bonchev–Trinajstić information content (AvgIpc) is 3.12. The molecular weight excluding hydrogens is 424 g/mol. The van der Waals surface area contributed by atoms with Crippen LogP contribution in [0.1, 0.15) is 88.8 Å². The second-order valence-electron chi connectivity index (χ2n) is 10.7. The number of nitriles is 1. The van der Waals surface area contributed by atoms with Crippen molar-refractivity contribution >= 4 is 16.7 Å². The molecule has 2 aromatic rings. The lowest BCUT2D eigenvalue weighted by atomic mass is 9.86. The van der Waals surface area contributed by atoms with E-state index in [4.69, 9.17) is 4.74 Å². The molecule has 1 saturated carbocycles. The smallest absolute Gasteiger partial charge is 0.306 e. The van der Waals surface area contributed by atoms with Gasteiger partial charge >= 0.3 is 5.97 Å². The van der Waals surface area contributed by atoms with Gasteiger partial charge in [-0.2, -0.15) is 5.26 Å². The summed E-state index contributed by atoms with van der Waals surface area (Å²) in [5.74, 6) is 0.684. The number of carbonyl (C=O) groups is 1. The van der Waals surface area contributed by atoms with Crippen LogP contribution in [-0.2, 0) is 4.79 Å². The molecule has 3 atom stereocenters. The Bertz CT molecular complexity index is 1080. The van der Waals surface area contributed by atoms with Crippen molar-refractivity contribution in [3.8, 4) is 11.8 Å². The number of hydrogen-bond donors (Lipinski definition) is 1. The predicted molar refractivity (Wildman–Crippen MR) is 133 cm³/mol. The van der Waals surface area contributed by atoms with Gasteiger partial charge in [-0.15, -0.1) is 0 Å². The number of aliphatic carboxylic acids is 1. The summed E-state index contributed by atoms with van der Waals surface area (Å²) < 4.78 is 6.34. The number of carboxylic acid groups (broad SMARTS) is 1. The van der Waals surface area contributed by atoms with Crippen molar-refractivity contribution < 1.29 is 14.6 Å². The van der Waals surface area contributed by atoms with Crippen LogP contribution in [0.4, 0.5) is 0 Å². The van der Waals surface area contributed by atoms with Crippen LogP contribution in [-0.4, -0.2) is 34.2 Å². The summed E-state index contributed by atoms with van der Waals surface area (Å²) >= 11 is 0. The highest BCUT2D eigenvalue weighted by Crippen LogP contribution is 2.44. The zero-order chi connectivity index (χ0) is 23.8. The Hall–Kier alpha value is -2.58. The lowest BCUT2D eigenvalue weighted by Crippen LogP contribution is -2.45. The molecule has 5 rings (SSSR count). The number of ether oxygens (including phenoxy) is 1. The van der Waals surface area contributed by atoms with Gasteiger partial charge in [0.15, 0.2) is 0 Å². The first kappa shape index (κ1) is 23.2. The normalized spacial score (nSPS) is 30.1. The SMILES string of the molecule is CCC1CCC(Oc2ccc3cc(C(C)N4C5CCC4CC(C(=O)O)C5)ccc3c2C#N)CC1. The minimum absolute atomic E-state index is 0.203. The molecule has 1 aliphatic carbocycles. The van der Waals surface area contributed by atoms with Crippen LogP contribution < -0.4 is 4.74 Å². The van der Waals surface area contributed by atoms with Gasteiger partial charge in [0, 0.05) is 23.5 Å². The molecule has 3 unspecified atom stereocenters. The van der Waals surface area contributed by atoms with Crippen molar-refractivity contribution in [1.29, 1.82) is 5.26 Å². The first-order chi connectivity index (χ1) is 16.5. The van der Waals surface area contributed by atoms with E-state index in [1.807, 2.05) is 6.07 Å². The van der Waals surface area contributed by atoms with E-state index in [1.54, 1.807) is 0 Å². The number of piperidine rings is 1. The molecule has 2 aromatic carbocycles. The van der Waals surface area contributed by atoms with Crippen molar-refractivity contribution in [2.24, 2.45) is 11.8 Å². The van der Waals surface area contributed by atoms with Crippen LogP contribution in [0.5, 0.6) is 5.75 Å². The lowest BCUT2D eigenvalue weighted by Gasteiger charge is -2.41. The maximum absolute atomic E-state index is 11.6. The first-order valence-corrected chi connectivity index (χ1v) is 13.1. The van der Waals surface area contributed by atoms with Crippen molar-refractivity contribution in [3.63, 3.8) is 0 Å². The number of benzene rings is 2. The van der Waals surface area contributed by atoms with Crippen molar-refractivity contribution in [3.05, 3.63) is 41.5 Å². The molecular formula is C29H36N2O3. The summed E-state index contributed by atoms with van der Waals surface area (Å²) in [4.78, 5) is 14.1. The van der Waals surface area contributed by atoms with E-state index in [-0.39, 0.29) is 18.1 Å². The van der Waals surface area contributed by atoms with Crippen molar-refractivity contribution in [2.45, 2.75) is 95.9 Å². The molecule has 0 radical (unpaired) electrons. The molecule has 3 fully saturated rings. The van der Waals surface area contributed by atoms with Crippen LogP contribution in [0.15, 0.2) is 30.3 Å². The Balaban J connectivity index is 1.35. The maximum Gasteiger partial charge on any atom is 0.306 e. The first-order valence-electron chi connectivity index (χ1n) is 13.1. The van der Waals surface area contributed by atoms with Crippen LogP contribution in [0.25, 0.3) is 10.8 Å². The molecule has 2 aliphatic heterocycles. The van der Waals surface area contributed by atoms with E-state index in [0.717, 1.165) is 55.2 Å². The zero-order valence-electron chi connectivity index (χ0n) is 20.4. The van der Waals surface area contributed by atoms with Crippen molar-refractivity contribution in [1.82, 2.24) is 4.90 Å². The van der Waals surface area contributed by atoms with Gasteiger partial charge in [0.25, 0.3) is 0 Å². The number of fused-ring (bicyclic) bond motifs is 3. The predicted octanol–water partition coefficient (Wildman–Crippen LogP) is 6.45. The molecule has 5 heteroatoms. The van der Waals surface area contributed by atoms with E-state index in [2.05, 4.69) is 49.1 Å². The minimum atomic E-state index is -0.643. The highest BCUT2D eigenvalue weighted by atomic mass is 16.5. The summed E-state index contributed by atoms with van der Waals surface area (Å²) in [5, 5.41) is 21.5. The zero-order valence-corrected chi connectivity index (χ0v) is 20.4. The average molecular weight is 461 g/mol. The Kier molecular flexibility index (Phi) is 6.53. The van der Waals surface area contributed by atoms with Crippen LogP contribution >= 0.6 is 0 Å². The van der Waals surface area contributed by atoms with E-state index in [1.165, 1.54) is 24.8 Å². The molecule has 180 valence electrons. The molecule has 0 aromatic heterocycles. The molecule has 5 nitrogen and oxygen atoms in total. The molecule has 2 saturated heterocycles. The summed E-state index contributed by atoms with van der Waals surface area (Å²) in [6.07, 6.45) is 9.69. The third-order valence-corrected chi connectivity index (χ3v) is 8.85. The van der Waals surface area contributed by atoms with E-state index >= 15 is 0 Å². The molecule has 0 spiro atoms. The third kappa shape index (κ3) is 4.29. The van der Waals surface area contributed by atoms with Gasteiger partial charge in [-0.25, -0.2) is 0 Å². The largest absolute Gasteiger partial charge is 0.489 e. The molecule has 3 aliphatic rings. The number of nitrogens with zero attached hydrogens (tertiary/aromatic N) is 2. The topological polar surface area (TPSA) is 73.6 Å². The number of rotatable bonds is 6. The van der Waals surface area contributed by atoms with Crippen molar-refractivity contribution in [2.75, 3.05) is 0 Å². The second kappa shape index (κ2) is 9.58. The number of carboxylic acids is 1. The Morgan fingerprint density at radius 2 is 1.82 bits per heavy atom. The van der Waals surface area contributed by atoms with E-state index in [0.29, 0.717) is 23.4 Å². The Morgan fingerprint density at radius 3 is 2.44 bits per heavy atom. The summed E-state index contributed by atoms with van der Waals surface area (Å²) in [5.41, 5.74) is 1.87. The minimum Gasteiger partial charge on any atom is -0.489 e. The van der Waals surface area contributed by atoms with Gasteiger partial charge in [-0.1, -0.05) is 31.5 Å².